The molecule has 0 spiro atoms. The number of amides is 1. The zero-order valence-corrected chi connectivity index (χ0v) is 24.8. The summed E-state index contributed by atoms with van der Waals surface area (Å²) in [6.45, 7) is 11.9. The third-order valence-corrected chi connectivity index (χ3v) is 8.95. The molecule has 0 bridgehead atoms. The van der Waals surface area contributed by atoms with E-state index < -0.39 is 0 Å². The molecule has 3 heterocycles. The smallest absolute Gasteiger partial charge is 0.318 e. The molecule has 222 valence electrons. The van der Waals surface area contributed by atoms with Gasteiger partial charge in [0.15, 0.2) is 0 Å². The van der Waals surface area contributed by atoms with Crippen LogP contribution in [0.15, 0.2) is 49.1 Å². The number of likely N-dealkylation sites (N-methyl/N-ethyl adjacent to an activating group) is 2. The van der Waals surface area contributed by atoms with E-state index in [9.17, 15) is 9.90 Å². The average molecular weight is 571 g/mol. The van der Waals surface area contributed by atoms with E-state index in [2.05, 4.69) is 34.3 Å². The number of aromatic nitrogens is 2. The molecule has 0 radical (unpaired) electrons. The molecule has 1 unspecified atom stereocenters. The van der Waals surface area contributed by atoms with Gasteiger partial charge in [0.2, 0.25) is 5.91 Å². The zero-order chi connectivity index (χ0) is 29.2. The second-order valence-corrected chi connectivity index (χ2v) is 11.8. The van der Waals surface area contributed by atoms with Crippen LogP contribution in [-0.2, 0) is 17.8 Å². The number of fused-ring (bicyclic) bond motifs is 2. The molecule has 1 saturated heterocycles. The lowest BCUT2D eigenvalue weighted by Crippen LogP contribution is -2.38. The Bertz CT molecular complexity index is 1460. The summed E-state index contributed by atoms with van der Waals surface area (Å²) in [7, 11) is 1.80. The number of benzene rings is 2. The van der Waals surface area contributed by atoms with Gasteiger partial charge in [-0.05, 0) is 56.7 Å². The Kier molecular flexibility index (Phi) is 8.20. The van der Waals surface area contributed by atoms with Gasteiger partial charge in [-0.3, -0.25) is 9.69 Å². The number of phenolic OH excluding ortho intramolecular Hbond substituents is 1. The van der Waals surface area contributed by atoms with Crippen LogP contribution in [0.3, 0.4) is 0 Å². The molecular weight excluding hydrogens is 528 g/mol. The van der Waals surface area contributed by atoms with Gasteiger partial charge in [0.25, 0.3) is 0 Å². The largest absolute Gasteiger partial charge is 0.508 e. The highest BCUT2D eigenvalue weighted by atomic mass is 16.5. The first-order chi connectivity index (χ1) is 20.4. The highest BCUT2D eigenvalue weighted by Gasteiger charge is 2.35. The average Bonchev–Trinajstić information content (AvgIpc) is 3.76. The molecule has 3 aliphatic rings. The van der Waals surface area contributed by atoms with Crippen molar-refractivity contribution in [1.29, 1.82) is 0 Å². The SMILES string of the molecule is C=CC(=O)N(C)CCN(CC)c1nc(OCC2CCN(C3CC3)C2)nc2c1CCN(c1cc(O)cc3ccccc13)C2. The summed E-state index contributed by atoms with van der Waals surface area (Å²) in [5.74, 6) is 1.55. The van der Waals surface area contributed by atoms with E-state index in [1.54, 1.807) is 11.9 Å². The number of nitrogens with zero attached hydrogens (tertiary/aromatic N) is 6. The summed E-state index contributed by atoms with van der Waals surface area (Å²) in [4.78, 5) is 30.9. The Morgan fingerprint density at radius 3 is 2.79 bits per heavy atom. The van der Waals surface area contributed by atoms with Gasteiger partial charge >= 0.3 is 6.01 Å². The van der Waals surface area contributed by atoms with Crippen LogP contribution in [-0.4, -0.2) is 89.7 Å². The Morgan fingerprint density at radius 2 is 2.00 bits per heavy atom. The first-order valence-electron chi connectivity index (χ1n) is 15.3. The van der Waals surface area contributed by atoms with E-state index in [1.807, 2.05) is 30.3 Å². The number of hydrogen-bond acceptors (Lipinski definition) is 8. The highest BCUT2D eigenvalue weighted by Crippen LogP contribution is 2.37. The van der Waals surface area contributed by atoms with E-state index in [-0.39, 0.29) is 11.7 Å². The van der Waals surface area contributed by atoms with E-state index >= 15 is 0 Å². The monoisotopic (exact) mass is 570 g/mol. The second-order valence-electron chi connectivity index (χ2n) is 11.8. The number of carbonyl (C=O) groups is 1. The Labute approximate surface area is 248 Å². The van der Waals surface area contributed by atoms with Crippen molar-refractivity contribution in [3.8, 4) is 11.8 Å². The summed E-state index contributed by atoms with van der Waals surface area (Å²) in [6.07, 6.45) is 5.93. The molecule has 9 heteroatoms. The van der Waals surface area contributed by atoms with E-state index in [1.165, 1.54) is 18.9 Å². The number of carbonyl (C=O) groups excluding carboxylic acids is 1. The van der Waals surface area contributed by atoms with E-state index in [4.69, 9.17) is 14.7 Å². The van der Waals surface area contributed by atoms with Crippen LogP contribution >= 0.6 is 0 Å². The van der Waals surface area contributed by atoms with Crippen LogP contribution in [0.25, 0.3) is 10.8 Å². The first-order valence-corrected chi connectivity index (χ1v) is 15.3. The van der Waals surface area contributed by atoms with Crippen LogP contribution in [0.1, 0.15) is 37.4 Å². The molecule has 1 aromatic heterocycles. The number of phenols is 1. The molecule has 1 saturated carbocycles. The van der Waals surface area contributed by atoms with Gasteiger partial charge in [0, 0.05) is 74.4 Å². The topological polar surface area (TPSA) is 85.3 Å². The number of likely N-dealkylation sites (tertiary alicyclic amines) is 1. The van der Waals surface area contributed by atoms with Crippen molar-refractivity contribution >= 4 is 28.2 Å². The fraction of sp³-hybridized carbons (Fsp3) is 0.485. The summed E-state index contributed by atoms with van der Waals surface area (Å²) in [5, 5.41) is 12.6. The normalized spacial score (nSPS) is 18.6. The number of hydrogen-bond donors (Lipinski definition) is 1. The number of ether oxygens (including phenoxy) is 1. The van der Waals surface area contributed by atoms with Crippen molar-refractivity contribution in [1.82, 2.24) is 19.8 Å². The summed E-state index contributed by atoms with van der Waals surface area (Å²) in [6, 6.07) is 13.0. The fourth-order valence-electron chi connectivity index (χ4n) is 6.37. The van der Waals surface area contributed by atoms with Gasteiger partial charge in [-0.1, -0.05) is 30.8 Å². The van der Waals surface area contributed by atoms with Crippen molar-refractivity contribution in [2.75, 3.05) is 62.7 Å². The number of rotatable bonds is 11. The quantitative estimate of drug-likeness (QED) is 0.343. The van der Waals surface area contributed by atoms with Crippen LogP contribution in [0.4, 0.5) is 11.5 Å². The van der Waals surface area contributed by atoms with Gasteiger partial charge in [0.05, 0.1) is 18.8 Å². The molecule has 1 aliphatic carbocycles. The maximum absolute atomic E-state index is 12.1. The Hall–Kier alpha value is -3.85. The lowest BCUT2D eigenvalue weighted by molar-refractivity contribution is -0.124. The minimum Gasteiger partial charge on any atom is -0.508 e. The predicted octanol–water partition coefficient (Wildman–Crippen LogP) is 4.23. The van der Waals surface area contributed by atoms with Gasteiger partial charge < -0.3 is 24.5 Å². The summed E-state index contributed by atoms with van der Waals surface area (Å²) in [5.41, 5.74) is 3.08. The van der Waals surface area contributed by atoms with E-state index in [0.717, 1.165) is 78.6 Å². The predicted molar refractivity (Wildman–Crippen MR) is 166 cm³/mol. The van der Waals surface area contributed by atoms with Crippen molar-refractivity contribution in [2.24, 2.45) is 5.92 Å². The molecule has 9 nitrogen and oxygen atoms in total. The lowest BCUT2D eigenvalue weighted by atomic mass is 10.0. The minimum atomic E-state index is -0.0921. The van der Waals surface area contributed by atoms with Gasteiger partial charge in [-0.2, -0.15) is 9.97 Å². The molecule has 42 heavy (non-hydrogen) atoms. The van der Waals surface area contributed by atoms with Crippen LogP contribution in [0.2, 0.25) is 0 Å². The molecule has 1 atom stereocenters. The van der Waals surface area contributed by atoms with Crippen molar-refractivity contribution in [2.45, 2.75) is 45.2 Å². The summed E-state index contributed by atoms with van der Waals surface area (Å²) < 4.78 is 6.34. The molecule has 2 aliphatic heterocycles. The van der Waals surface area contributed by atoms with Crippen LogP contribution < -0.4 is 14.5 Å². The number of aromatic hydroxyl groups is 1. The van der Waals surface area contributed by atoms with Crippen molar-refractivity contribution in [3.05, 3.63) is 60.3 Å². The van der Waals surface area contributed by atoms with E-state index in [0.29, 0.717) is 38.2 Å². The molecule has 2 fully saturated rings. The lowest BCUT2D eigenvalue weighted by Gasteiger charge is -2.34. The molecule has 2 aromatic carbocycles. The first kappa shape index (κ1) is 28.3. The molecule has 1 N–H and O–H groups in total. The van der Waals surface area contributed by atoms with Crippen LogP contribution in [0.5, 0.6) is 11.8 Å². The molecular formula is C33H42N6O3. The Balaban J connectivity index is 1.28. The Morgan fingerprint density at radius 1 is 1.17 bits per heavy atom. The molecule has 1 amide bonds. The zero-order valence-electron chi connectivity index (χ0n) is 24.8. The maximum atomic E-state index is 12.1. The van der Waals surface area contributed by atoms with Crippen LogP contribution in [0, 0.1) is 5.92 Å². The third kappa shape index (κ3) is 6.02. The molecule has 3 aromatic rings. The van der Waals surface area contributed by atoms with Crippen molar-refractivity contribution in [3.63, 3.8) is 0 Å². The van der Waals surface area contributed by atoms with Gasteiger partial charge in [0.1, 0.15) is 11.6 Å². The number of anilines is 2. The fourth-order valence-corrected chi connectivity index (χ4v) is 6.37. The highest BCUT2D eigenvalue weighted by molar-refractivity contribution is 5.95. The minimum absolute atomic E-state index is 0.0921. The van der Waals surface area contributed by atoms with Crippen molar-refractivity contribution < 1.29 is 14.6 Å². The van der Waals surface area contributed by atoms with Gasteiger partial charge in [-0.15, -0.1) is 0 Å². The molecule has 6 rings (SSSR count). The standard InChI is InChI=1S/C33H42N6O3/c1-4-31(41)36(3)16-17-37(5-2)32-28-13-15-39(30-19-26(40)18-24-8-6-7-9-27(24)30)21-29(28)34-33(35-32)42-22-23-12-14-38(20-23)25-10-11-25/h4,6-9,18-19,23,25,40H,1,5,10-17,20-22H2,2-3H3. The third-order valence-electron chi connectivity index (χ3n) is 8.95. The van der Waals surface area contributed by atoms with Gasteiger partial charge in [-0.25, -0.2) is 0 Å². The summed E-state index contributed by atoms with van der Waals surface area (Å²) >= 11 is 0. The second kappa shape index (κ2) is 12.2. The maximum Gasteiger partial charge on any atom is 0.318 e.